The number of amides is 1. The second-order valence-corrected chi connectivity index (χ2v) is 5.85. The van der Waals surface area contributed by atoms with Crippen molar-refractivity contribution in [3.8, 4) is 0 Å². The third kappa shape index (κ3) is 3.53. The Kier molecular flexibility index (Phi) is 4.59. The van der Waals surface area contributed by atoms with Gasteiger partial charge in [0.25, 0.3) is 0 Å². The van der Waals surface area contributed by atoms with Crippen LogP contribution in [0.25, 0.3) is 0 Å². The first-order valence-corrected chi connectivity index (χ1v) is 7.22. The number of anilines is 1. The monoisotopic (exact) mass is 360 g/mol. The number of para-hydroxylation sites is 1. The molecule has 1 fully saturated rings. The van der Waals surface area contributed by atoms with Crippen LogP contribution in [0.2, 0.25) is 0 Å². The van der Waals surface area contributed by atoms with E-state index in [9.17, 15) is 4.79 Å². The van der Waals surface area contributed by atoms with Crippen molar-refractivity contribution in [2.45, 2.75) is 25.3 Å². The first kappa shape index (κ1) is 13.1. The van der Waals surface area contributed by atoms with Crippen LogP contribution in [-0.4, -0.2) is 18.5 Å². The van der Waals surface area contributed by atoms with Crippen LogP contribution < -0.4 is 10.6 Å². The van der Waals surface area contributed by atoms with E-state index in [1.807, 2.05) is 18.2 Å². The Morgan fingerprint density at radius 3 is 2.71 bits per heavy atom. The lowest BCUT2D eigenvalue weighted by Crippen LogP contribution is -2.27. The highest BCUT2D eigenvalue weighted by molar-refractivity contribution is 9.11. The van der Waals surface area contributed by atoms with Crippen molar-refractivity contribution in [1.29, 1.82) is 0 Å². The molecular weight excluding hydrogens is 348 g/mol. The minimum atomic E-state index is 0.0528. The number of carbonyl (C=O) groups excluding carboxylic acids is 1. The van der Waals surface area contributed by atoms with Gasteiger partial charge in [0, 0.05) is 21.4 Å². The van der Waals surface area contributed by atoms with Crippen molar-refractivity contribution in [2.75, 3.05) is 11.9 Å². The first-order chi connectivity index (χ1) is 8.16. The van der Waals surface area contributed by atoms with Gasteiger partial charge in [0.15, 0.2) is 0 Å². The molecule has 1 aromatic rings. The lowest BCUT2D eigenvalue weighted by molar-refractivity contribution is -0.116. The van der Waals surface area contributed by atoms with Crippen LogP contribution in [0.5, 0.6) is 0 Å². The van der Waals surface area contributed by atoms with Gasteiger partial charge in [0.1, 0.15) is 0 Å². The topological polar surface area (TPSA) is 41.1 Å². The Morgan fingerprint density at radius 2 is 2.12 bits per heavy atom. The summed E-state index contributed by atoms with van der Waals surface area (Å²) in [4.78, 5) is 11.9. The van der Waals surface area contributed by atoms with Crippen LogP contribution in [0.3, 0.4) is 0 Å². The van der Waals surface area contributed by atoms with Gasteiger partial charge in [-0.2, -0.15) is 0 Å². The largest absolute Gasteiger partial charge is 0.324 e. The Hall–Kier alpha value is -0.390. The number of nitrogens with one attached hydrogen (secondary N) is 2. The molecule has 1 aliphatic rings. The van der Waals surface area contributed by atoms with E-state index in [4.69, 9.17) is 0 Å². The average Bonchev–Trinajstić information content (AvgIpc) is 2.76. The second kappa shape index (κ2) is 5.98. The number of hydrogen-bond donors (Lipinski definition) is 2. The summed E-state index contributed by atoms with van der Waals surface area (Å²) >= 11 is 6.86. The Bertz CT molecular complexity index is 397. The maximum absolute atomic E-state index is 11.9. The Balaban J connectivity index is 1.97. The maximum Gasteiger partial charge on any atom is 0.225 e. The standard InChI is InChI=1S/C12H14Br2N2O/c13-9-4-1-5-10(14)12(9)16-11(17)7-8-3-2-6-15-8/h1,4-5,8,15H,2-3,6-7H2,(H,16,17). The van der Waals surface area contributed by atoms with E-state index in [1.165, 1.54) is 0 Å². The zero-order valence-corrected chi connectivity index (χ0v) is 12.5. The summed E-state index contributed by atoms with van der Waals surface area (Å²) in [6.45, 7) is 1.02. The van der Waals surface area contributed by atoms with Crippen molar-refractivity contribution >= 4 is 43.5 Å². The van der Waals surface area contributed by atoms with Crippen molar-refractivity contribution in [3.63, 3.8) is 0 Å². The number of benzene rings is 1. The SMILES string of the molecule is O=C(CC1CCCN1)Nc1c(Br)cccc1Br. The minimum absolute atomic E-state index is 0.0528. The molecular formula is C12H14Br2N2O. The smallest absolute Gasteiger partial charge is 0.225 e. The molecule has 1 aliphatic heterocycles. The molecule has 0 aromatic heterocycles. The molecule has 1 heterocycles. The molecule has 92 valence electrons. The molecule has 1 amide bonds. The fourth-order valence-corrected chi connectivity index (χ4v) is 3.16. The van der Waals surface area contributed by atoms with Gasteiger partial charge in [-0.15, -0.1) is 0 Å². The zero-order chi connectivity index (χ0) is 12.3. The molecule has 1 unspecified atom stereocenters. The average molecular weight is 362 g/mol. The maximum atomic E-state index is 11.9. The van der Waals surface area contributed by atoms with Gasteiger partial charge in [-0.3, -0.25) is 4.79 Å². The predicted molar refractivity (Wildman–Crippen MR) is 76.1 cm³/mol. The molecule has 0 aliphatic carbocycles. The fraction of sp³-hybridized carbons (Fsp3) is 0.417. The Morgan fingerprint density at radius 1 is 1.41 bits per heavy atom. The molecule has 1 aromatic carbocycles. The minimum Gasteiger partial charge on any atom is -0.324 e. The van der Waals surface area contributed by atoms with Gasteiger partial charge in [0.05, 0.1) is 5.69 Å². The number of halogens is 2. The van der Waals surface area contributed by atoms with Crippen LogP contribution in [0, 0.1) is 0 Å². The normalized spacial score (nSPS) is 19.3. The van der Waals surface area contributed by atoms with E-state index in [-0.39, 0.29) is 5.91 Å². The molecule has 0 spiro atoms. The van der Waals surface area contributed by atoms with Crippen LogP contribution in [-0.2, 0) is 4.79 Å². The van der Waals surface area contributed by atoms with Crippen molar-refractivity contribution in [3.05, 3.63) is 27.1 Å². The summed E-state index contributed by atoms with van der Waals surface area (Å²) in [6.07, 6.45) is 2.79. The second-order valence-electron chi connectivity index (χ2n) is 4.14. The zero-order valence-electron chi connectivity index (χ0n) is 9.30. The molecule has 2 N–H and O–H groups in total. The van der Waals surface area contributed by atoms with E-state index in [0.29, 0.717) is 12.5 Å². The highest BCUT2D eigenvalue weighted by atomic mass is 79.9. The fourth-order valence-electron chi connectivity index (χ4n) is 1.96. The summed E-state index contributed by atoms with van der Waals surface area (Å²) in [5.74, 6) is 0.0528. The third-order valence-electron chi connectivity index (χ3n) is 2.82. The quantitative estimate of drug-likeness (QED) is 0.867. The van der Waals surface area contributed by atoms with Gasteiger partial charge in [-0.05, 0) is 63.4 Å². The molecule has 3 nitrogen and oxygen atoms in total. The van der Waals surface area contributed by atoms with Gasteiger partial charge in [-0.1, -0.05) is 6.07 Å². The van der Waals surface area contributed by atoms with Gasteiger partial charge < -0.3 is 10.6 Å². The molecule has 2 rings (SSSR count). The third-order valence-corrected chi connectivity index (χ3v) is 4.14. The molecule has 5 heteroatoms. The number of carbonyl (C=O) groups is 1. The molecule has 1 saturated heterocycles. The van der Waals surface area contributed by atoms with E-state index in [2.05, 4.69) is 42.5 Å². The summed E-state index contributed by atoms with van der Waals surface area (Å²) in [5.41, 5.74) is 0.801. The summed E-state index contributed by atoms with van der Waals surface area (Å²) in [6, 6.07) is 6.07. The van der Waals surface area contributed by atoms with Crippen LogP contribution >= 0.6 is 31.9 Å². The highest BCUT2D eigenvalue weighted by Gasteiger charge is 2.18. The summed E-state index contributed by atoms with van der Waals surface area (Å²) in [5, 5.41) is 6.25. The molecule has 17 heavy (non-hydrogen) atoms. The lowest BCUT2D eigenvalue weighted by Gasteiger charge is -2.12. The van der Waals surface area contributed by atoms with E-state index in [1.54, 1.807) is 0 Å². The van der Waals surface area contributed by atoms with Gasteiger partial charge in [0.2, 0.25) is 5.91 Å². The molecule has 1 atom stereocenters. The first-order valence-electron chi connectivity index (χ1n) is 5.64. The van der Waals surface area contributed by atoms with Crippen LogP contribution in [0.15, 0.2) is 27.1 Å². The number of hydrogen-bond acceptors (Lipinski definition) is 2. The summed E-state index contributed by atoms with van der Waals surface area (Å²) < 4.78 is 1.78. The number of rotatable bonds is 3. The van der Waals surface area contributed by atoms with Crippen LogP contribution in [0.4, 0.5) is 5.69 Å². The molecule has 0 bridgehead atoms. The molecule has 0 saturated carbocycles. The van der Waals surface area contributed by atoms with Crippen molar-refractivity contribution < 1.29 is 4.79 Å². The van der Waals surface area contributed by atoms with Crippen molar-refractivity contribution in [2.24, 2.45) is 0 Å². The molecule has 0 radical (unpaired) electrons. The van der Waals surface area contributed by atoms with Crippen molar-refractivity contribution in [1.82, 2.24) is 5.32 Å². The van der Waals surface area contributed by atoms with Gasteiger partial charge in [-0.25, -0.2) is 0 Å². The van der Waals surface area contributed by atoms with Crippen LogP contribution in [0.1, 0.15) is 19.3 Å². The van der Waals surface area contributed by atoms with Gasteiger partial charge >= 0.3 is 0 Å². The predicted octanol–water partition coefficient (Wildman–Crippen LogP) is 3.29. The summed E-state index contributed by atoms with van der Waals surface area (Å²) in [7, 11) is 0. The van der Waals surface area contributed by atoms with E-state index >= 15 is 0 Å². The Labute approximate surface area is 118 Å². The lowest BCUT2D eigenvalue weighted by atomic mass is 10.1. The highest BCUT2D eigenvalue weighted by Crippen LogP contribution is 2.30. The van der Waals surface area contributed by atoms with E-state index in [0.717, 1.165) is 34.0 Å². The van der Waals surface area contributed by atoms with E-state index < -0.39 is 0 Å².